The summed E-state index contributed by atoms with van der Waals surface area (Å²) in [6.07, 6.45) is 1.65. The number of rotatable bonds is 6. The van der Waals surface area contributed by atoms with Gasteiger partial charge in [-0.3, -0.25) is 4.79 Å². The molecule has 0 aliphatic heterocycles. The molecule has 0 aliphatic rings. The summed E-state index contributed by atoms with van der Waals surface area (Å²) in [7, 11) is 0. The van der Waals surface area contributed by atoms with E-state index in [1.165, 1.54) is 11.8 Å². The van der Waals surface area contributed by atoms with Crippen molar-refractivity contribution >= 4 is 29.0 Å². The van der Waals surface area contributed by atoms with E-state index < -0.39 is 0 Å². The van der Waals surface area contributed by atoms with Crippen molar-refractivity contribution in [1.82, 2.24) is 15.5 Å². The topological polar surface area (TPSA) is 54.9 Å². The fourth-order valence-electron chi connectivity index (χ4n) is 1.33. The summed E-state index contributed by atoms with van der Waals surface area (Å²) >= 11 is 2.99. The Kier molecular flexibility index (Phi) is 5.11. The number of thioether (sulfide) groups is 1. The van der Waals surface area contributed by atoms with Crippen LogP contribution >= 0.6 is 23.1 Å². The lowest BCUT2D eigenvalue weighted by Crippen LogP contribution is -2.24. The van der Waals surface area contributed by atoms with E-state index in [1.807, 2.05) is 29.6 Å². The molecule has 1 amide bonds. The SMILES string of the molecule is C=CCNC(=O)CSc1ccc(-c2cccs2)nn1. The van der Waals surface area contributed by atoms with Crippen molar-refractivity contribution in [1.29, 1.82) is 0 Å². The van der Waals surface area contributed by atoms with E-state index in [0.717, 1.165) is 15.6 Å². The maximum Gasteiger partial charge on any atom is 0.230 e. The maximum absolute atomic E-state index is 11.4. The highest BCUT2D eigenvalue weighted by atomic mass is 32.2. The summed E-state index contributed by atoms with van der Waals surface area (Å²) < 4.78 is 0. The monoisotopic (exact) mass is 291 g/mol. The number of amides is 1. The first kappa shape index (κ1) is 13.8. The zero-order chi connectivity index (χ0) is 13.5. The Morgan fingerprint density at radius 2 is 2.32 bits per heavy atom. The number of thiophene rings is 1. The fraction of sp³-hybridized carbons (Fsp3) is 0.154. The van der Waals surface area contributed by atoms with Gasteiger partial charge in [0, 0.05) is 6.54 Å². The minimum Gasteiger partial charge on any atom is -0.352 e. The van der Waals surface area contributed by atoms with Gasteiger partial charge in [0.05, 0.1) is 10.6 Å². The average molecular weight is 291 g/mol. The number of carbonyl (C=O) groups is 1. The molecule has 0 saturated carbocycles. The second-order valence-electron chi connectivity index (χ2n) is 3.62. The Morgan fingerprint density at radius 1 is 1.42 bits per heavy atom. The minimum absolute atomic E-state index is 0.0333. The molecule has 98 valence electrons. The van der Waals surface area contributed by atoms with Crippen molar-refractivity contribution in [2.75, 3.05) is 12.3 Å². The van der Waals surface area contributed by atoms with Gasteiger partial charge in [-0.05, 0) is 23.6 Å². The van der Waals surface area contributed by atoms with Crippen LogP contribution < -0.4 is 5.32 Å². The van der Waals surface area contributed by atoms with Gasteiger partial charge < -0.3 is 5.32 Å². The molecule has 0 bridgehead atoms. The first-order valence-electron chi connectivity index (χ1n) is 5.67. The summed E-state index contributed by atoms with van der Waals surface area (Å²) in [5, 5.41) is 13.7. The molecule has 0 radical (unpaired) electrons. The van der Waals surface area contributed by atoms with Crippen LogP contribution in [0.1, 0.15) is 0 Å². The van der Waals surface area contributed by atoms with E-state index in [-0.39, 0.29) is 5.91 Å². The van der Waals surface area contributed by atoms with Gasteiger partial charge in [0.2, 0.25) is 5.91 Å². The molecule has 0 aliphatic carbocycles. The highest BCUT2D eigenvalue weighted by Crippen LogP contribution is 2.23. The molecule has 0 saturated heterocycles. The molecule has 2 rings (SSSR count). The lowest BCUT2D eigenvalue weighted by Gasteiger charge is -2.02. The molecule has 2 heterocycles. The van der Waals surface area contributed by atoms with Crippen LogP contribution in [0.4, 0.5) is 0 Å². The Labute approximate surface area is 120 Å². The average Bonchev–Trinajstić information content (AvgIpc) is 2.97. The van der Waals surface area contributed by atoms with Crippen molar-refractivity contribution < 1.29 is 4.79 Å². The van der Waals surface area contributed by atoms with Gasteiger partial charge in [0.15, 0.2) is 0 Å². The Balaban J connectivity index is 1.89. The molecule has 2 aromatic heterocycles. The van der Waals surface area contributed by atoms with Crippen LogP contribution in [0.5, 0.6) is 0 Å². The smallest absolute Gasteiger partial charge is 0.230 e. The Hall–Kier alpha value is -1.66. The highest BCUT2D eigenvalue weighted by Gasteiger charge is 2.05. The van der Waals surface area contributed by atoms with E-state index >= 15 is 0 Å². The van der Waals surface area contributed by atoms with Crippen LogP contribution in [0.25, 0.3) is 10.6 Å². The van der Waals surface area contributed by atoms with Crippen LogP contribution in [0.3, 0.4) is 0 Å². The van der Waals surface area contributed by atoms with E-state index in [0.29, 0.717) is 12.3 Å². The standard InChI is InChI=1S/C13H13N3OS2/c1-2-7-14-12(17)9-19-13-6-5-10(15-16-13)11-4-3-8-18-11/h2-6,8H,1,7,9H2,(H,14,17). The predicted octanol–water partition coefficient (Wildman–Crippen LogP) is 2.60. The molecule has 6 heteroatoms. The van der Waals surface area contributed by atoms with Crippen molar-refractivity contribution in [2.24, 2.45) is 0 Å². The molecule has 0 aromatic carbocycles. The van der Waals surface area contributed by atoms with Gasteiger partial charge in [-0.1, -0.05) is 23.9 Å². The van der Waals surface area contributed by atoms with Crippen LogP contribution in [0.2, 0.25) is 0 Å². The number of aromatic nitrogens is 2. The van der Waals surface area contributed by atoms with Crippen molar-refractivity contribution in [3.63, 3.8) is 0 Å². The largest absolute Gasteiger partial charge is 0.352 e. The molecule has 19 heavy (non-hydrogen) atoms. The summed E-state index contributed by atoms with van der Waals surface area (Å²) in [5.41, 5.74) is 0.857. The van der Waals surface area contributed by atoms with Crippen molar-refractivity contribution in [3.05, 3.63) is 42.3 Å². The van der Waals surface area contributed by atoms with Crippen LogP contribution in [0.15, 0.2) is 47.3 Å². The molecule has 2 aromatic rings. The maximum atomic E-state index is 11.4. The van der Waals surface area contributed by atoms with E-state index in [9.17, 15) is 4.79 Å². The zero-order valence-corrected chi connectivity index (χ0v) is 11.8. The molecule has 0 fully saturated rings. The Morgan fingerprint density at radius 3 is 2.95 bits per heavy atom. The quantitative estimate of drug-likeness (QED) is 0.656. The van der Waals surface area contributed by atoms with Crippen molar-refractivity contribution in [2.45, 2.75) is 5.03 Å². The molecular formula is C13H13N3OS2. The van der Waals surface area contributed by atoms with Gasteiger partial charge >= 0.3 is 0 Å². The van der Waals surface area contributed by atoms with Crippen LogP contribution in [-0.2, 0) is 4.79 Å². The van der Waals surface area contributed by atoms with Crippen LogP contribution in [0, 0.1) is 0 Å². The molecule has 1 N–H and O–H groups in total. The first-order chi connectivity index (χ1) is 9.29. The summed E-state index contributed by atoms with van der Waals surface area (Å²) in [5.74, 6) is 0.301. The molecule has 0 unspecified atom stereocenters. The summed E-state index contributed by atoms with van der Waals surface area (Å²) in [6, 6.07) is 7.79. The van der Waals surface area contributed by atoms with E-state index in [1.54, 1.807) is 17.4 Å². The predicted molar refractivity (Wildman–Crippen MR) is 79.3 cm³/mol. The number of carbonyl (C=O) groups excluding carboxylic acids is 1. The van der Waals surface area contributed by atoms with Gasteiger partial charge in [0.25, 0.3) is 0 Å². The molecule has 4 nitrogen and oxygen atoms in total. The van der Waals surface area contributed by atoms with Gasteiger partial charge in [-0.2, -0.15) is 0 Å². The van der Waals surface area contributed by atoms with Gasteiger partial charge in [-0.15, -0.1) is 28.1 Å². The summed E-state index contributed by atoms with van der Waals surface area (Å²) in [6.45, 7) is 4.03. The zero-order valence-electron chi connectivity index (χ0n) is 10.2. The third kappa shape index (κ3) is 4.18. The molecule has 0 atom stereocenters. The normalized spacial score (nSPS) is 10.1. The minimum atomic E-state index is -0.0333. The van der Waals surface area contributed by atoms with E-state index in [2.05, 4.69) is 22.1 Å². The molecular weight excluding hydrogens is 278 g/mol. The highest BCUT2D eigenvalue weighted by molar-refractivity contribution is 7.99. The number of hydrogen-bond acceptors (Lipinski definition) is 5. The second kappa shape index (κ2) is 7.06. The number of hydrogen-bond donors (Lipinski definition) is 1. The number of nitrogens with zero attached hydrogens (tertiary/aromatic N) is 2. The Bertz CT molecular complexity index is 538. The second-order valence-corrected chi connectivity index (χ2v) is 5.56. The number of nitrogens with one attached hydrogen (secondary N) is 1. The van der Waals surface area contributed by atoms with E-state index in [4.69, 9.17) is 0 Å². The fourth-order valence-corrected chi connectivity index (χ4v) is 2.66. The van der Waals surface area contributed by atoms with Gasteiger partial charge in [-0.25, -0.2) is 0 Å². The van der Waals surface area contributed by atoms with Gasteiger partial charge in [0.1, 0.15) is 10.7 Å². The van der Waals surface area contributed by atoms with Crippen LogP contribution in [-0.4, -0.2) is 28.4 Å². The third-order valence-electron chi connectivity index (χ3n) is 2.21. The summed E-state index contributed by atoms with van der Waals surface area (Å²) in [4.78, 5) is 12.5. The molecule has 0 spiro atoms. The lowest BCUT2D eigenvalue weighted by atomic mass is 10.3. The third-order valence-corrected chi connectivity index (χ3v) is 4.02. The first-order valence-corrected chi connectivity index (χ1v) is 7.54. The lowest BCUT2D eigenvalue weighted by molar-refractivity contribution is -0.118. The van der Waals surface area contributed by atoms with Crippen molar-refractivity contribution in [3.8, 4) is 10.6 Å².